The smallest absolute Gasteiger partial charge is 0.369 e. The summed E-state index contributed by atoms with van der Waals surface area (Å²) in [6, 6.07) is 1.17. The van der Waals surface area contributed by atoms with Crippen molar-refractivity contribution in [1.29, 1.82) is 5.26 Å². The second-order valence-electron chi connectivity index (χ2n) is 2.20. The van der Waals surface area contributed by atoms with Crippen molar-refractivity contribution in [2.45, 2.75) is 12.8 Å². The van der Waals surface area contributed by atoms with Crippen LogP contribution in [-0.2, 0) is 9.63 Å². The first kappa shape index (κ1) is 11.3. The molecule has 7 heteroatoms. The van der Waals surface area contributed by atoms with Gasteiger partial charge in [0.2, 0.25) is 0 Å². The van der Waals surface area contributed by atoms with Crippen molar-refractivity contribution in [3.05, 3.63) is 0 Å². The molecule has 0 heterocycles. The molecule has 0 aromatic carbocycles. The van der Waals surface area contributed by atoms with Crippen molar-refractivity contribution in [2.75, 3.05) is 6.61 Å². The Kier molecular flexibility index (Phi) is 3.78. The normalized spacial score (nSPS) is 12.0. The minimum atomic E-state index is -3.11. The lowest BCUT2D eigenvalue weighted by Gasteiger charge is -2.06. The van der Waals surface area contributed by atoms with Crippen LogP contribution in [0.3, 0.4) is 0 Å². The Morgan fingerprint density at radius 1 is 1.77 bits per heavy atom. The minimum absolute atomic E-state index is 0.579. The van der Waals surface area contributed by atoms with Gasteiger partial charge in [0.1, 0.15) is 6.07 Å². The van der Waals surface area contributed by atoms with Crippen LogP contribution < -0.4 is 0 Å². The van der Waals surface area contributed by atoms with E-state index in [9.17, 15) is 13.6 Å². The Morgan fingerprint density at radius 2 is 2.31 bits per heavy atom. The molecule has 0 fully saturated rings. The topological polar surface area (TPSA) is 82.7 Å². The summed E-state index contributed by atoms with van der Waals surface area (Å²) in [6.07, 6.45) is 0. The molecule has 0 aromatic rings. The van der Waals surface area contributed by atoms with Gasteiger partial charge in [-0.25, -0.2) is 13.6 Å². The van der Waals surface area contributed by atoms with E-state index in [4.69, 9.17) is 10.4 Å². The lowest BCUT2D eigenvalue weighted by Crippen LogP contribution is -2.18. The predicted octanol–water partition coefficient (Wildman–Crippen LogP) is 0.622. The Hall–Kier alpha value is -1.71. The SMILES string of the molecule is CC(F)(F)CON=C(C#N)C(=O)O. The second kappa shape index (κ2) is 4.35. The van der Waals surface area contributed by atoms with E-state index in [-0.39, 0.29) is 0 Å². The number of hydrogen-bond acceptors (Lipinski definition) is 4. The van der Waals surface area contributed by atoms with Gasteiger partial charge in [-0.1, -0.05) is 5.16 Å². The molecule has 0 saturated carbocycles. The molecule has 0 rings (SSSR count). The van der Waals surface area contributed by atoms with Crippen molar-refractivity contribution in [3.8, 4) is 6.07 Å². The summed E-state index contributed by atoms with van der Waals surface area (Å²) in [5.74, 6) is -4.73. The van der Waals surface area contributed by atoms with Crippen molar-refractivity contribution >= 4 is 11.7 Å². The van der Waals surface area contributed by atoms with Crippen LogP contribution in [0, 0.1) is 11.3 Å². The number of carboxylic acid groups (broad SMARTS) is 1. The molecular weight excluding hydrogens is 186 g/mol. The Bertz CT molecular complexity index is 264. The fourth-order valence-corrected chi connectivity index (χ4v) is 0.317. The molecular formula is C6H6F2N2O3. The van der Waals surface area contributed by atoms with E-state index < -0.39 is 24.2 Å². The van der Waals surface area contributed by atoms with Gasteiger partial charge in [-0.15, -0.1) is 0 Å². The maximum absolute atomic E-state index is 12.1. The van der Waals surface area contributed by atoms with Gasteiger partial charge in [0.05, 0.1) is 0 Å². The van der Waals surface area contributed by atoms with E-state index in [2.05, 4.69) is 9.99 Å². The van der Waals surface area contributed by atoms with Gasteiger partial charge in [0.25, 0.3) is 11.6 Å². The zero-order chi connectivity index (χ0) is 10.5. The molecule has 13 heavy (non-hydrogen) atoms. The molecule has 0 unspecified atom stereocenters. The van der Waals surface area contributed by atoms with Gasteiger partial charge in [-0.05, 0) is 0 Å². The molecule has 1 N–H and O–H groups in total. The van der Waals surface area contributed by atoms with E-state index in [0.29, 0.717) is 6.92 Å². The summed E-state index contributed by atoms with van der Waals surface area (Å²) in [4.78, 5) is 14.0. The molecule has 0 amide bonds. The number of nitriles is 1. The van der Waals surface area contributed by atoms with Gasteiger partial charge >= 0.3 is 5.97 Å². The first-order valence-electron chi connectivity index (χ1n) is 3.08. The largest absolute Gasteiger partial charge is 0.476 e. The molecule has 72 valence electrons. The first-order valence-corrected chi connectivity index (χ1v) is 3.08. The number of nitrogens with zero attached hydrogens (tertiary/aromatic N) is 2. The van der Waals surface area contributed by atoms with Crippen molar-refractivity contribution in [2.24, 2.45) is 5.16 Å². The zero-order valence-electron chi connectivity index (χ0n) is 6.62. The monoisotopic (exact) mass is 192 g/mol. The zero-order valence-corrected chi connectivity index (χ0v) is 6.62. The van der Waals surface area contributed by atoms with E-state index in [0.717, 1.165) is 0 Å². The van der Waals surface area contributed by atoms with E-state index in [1.165, 1.54) is 6.07 Å². The van der Waals surface area contributed by atoms with Gasteiger partial charge in [0, 0.05) is 6.92 Å². The molecule has 0 saturated heterocycles. The highest BCUT2D eigenvalue weighted by Crippen LogP contribution is 2.11. The Balaban J connectivity index is 4.12. The summed E-state index contributed by atoms with van der Waals surface area (Å²) < 4.78 is 24.1. The molecule has 0 aromatic heterocycles. The third kappa shape index (κ3) is 5.55. The molecule has 5 nitrogen and oxygen atoms in total. The summed E-state index contributed by atoms with van der Waals surface area (Å²) in [5, 5.41) is 19.0. The lowest BCUT2D eigenvalue weighted by molar-refractivity contribution is -0.129. The molecule has 0 bridgehead atoms. The maximum Gasteiger partial charge on any atom is 0.369 e. The predicted molar refractivity (Wildman–Crippen MR) is 37.3 cm³/mol. The van der Waals surface area contributed by atoms with Gasteiger partial charge in [-0.2, -0.15) is 5.26 Å². The number of halogens is 2. The molecule has 0 radical (unpaired) electrons. The number of carbonyl (C=O) groups is 1. The van der Waals surface area contributed by atoms with E-state index in [1.54, 1.807) is 0 Å². The minimum Gasteiger partial charge on any atom is -0.476 e. The molecule has 0 aliphatic heterocycles. The number of hydrogen-bond donors (Lipinski definition) is 1. The quantitative estimate of drug-likeness (QED) is 0.522. The van der Waals surface area contributed by atoms with E-state index >= 15 is 0 Å². The number of carboxylic acids is 1. The maximum atomic E-state index is 12.1. The lowest BCUT2D eigenvalue weighted by atomic mass is 10.4. The van der Waals surface area contributed by atoms with Crippen LogP contribution in [0.5, 0.6) is 0 Å². The van der Waals surface area contributed by atoms with Crippen LogP contribution >= 0.6 is 0 Å². The molecule has 0 aliphatic carbocycles. The number of rotatable bonds is 4. The van der Waals surface area contributed by atoms with Crippen LogP contribution in [0.4, 0.5) is 8.78 Å². The average molecular weight is 192 g/mol. The van der Waals surface area contributed by atoms with Crippen LogP contribution in [0.25, 0.3) is 0 Å². The number of aliphatic carboxylic acids is 1. The van der Waals surface area contributed by atoms with Crippen molar-refractivity contribution < 1.29 is 23.5 Å². The van der Waals surface area contributed by atoms with Gasteiger partial charge in [-0.3, -0.25) is 0 Å². The summed E-state index contributed by atoms with van der Waals surface area (Å²) in [6.45, 7) is -0.485. The van der Waals surface area contributed by atoms with Crippen LogP contribution in [0.1, 0.15) is 6.92 Å². The van der Waals surface area contributed by atoms with Gasteiger partial charge < -0.3 is 9.94 Å². The second-order valence-corrected chi connectivity index (χ2v) is 2.20. The Morgan fingerprint density at radius 3 is 2.62 bits per heavy atom. The molecule has 0 aliphatic rings. The third-order valence-corrected chi connectivity index (χ3v) is 0.782. The van der Waals surface area contributed by atoms with Gasteiger partial charge in [0.15, 0.2) is 6.61 Å². The number of alkyl halides is 2. The number of oxime groups is 1. The van der Waals surface area contributed by atoms with E-state index in [1.807, 2.05) is 0 Å². The van der Waals surface area contributed by atoms with Crippen molar-refractivity contribution in [3.63, 3.8) is 0 Å². The van der Waals surface area contributed by atoms with Crippen LogP contribution in [0.2, 0.25) is 0 Å². The summed E-state index contributed by atoms with van der Waals surface area (Å²) in [5.41, 5.74) is -0.968. The fraction of sp³-hybridized carbons (Fsp3) is 0.500. The Labute approximate surface area is 72.2 Å². The van der Waals surface area contributed by atoms with Crippen LogP contribution in [0.15, 0.2) is 5.16 Å². The highest BCUT2D eigenvalue weighted by atomic mass is 19.3. The first-order chi connectivity index (χ1) is 5.87. The molecule has 0 spiro atoms. The summed E-state index contributed by atoms with van der Waals surface area (Å²) >= 11 is 0. The third-order valence-electron chi connectivity index (χ3n) is 0.782. The average Bonchev–Trinajstić information content (AvgIpc) is 1.95. The highest BCUT2D eigenvalue weighted by molar-refractivity contribution is 6.42. The van der Waals surface area contributed by atoms with Crippen molar-refractivity contribution in [1.82, 2.24) is 0 Å². The summed E-state index contributed by atoms with van der Waals surface area (Å²) in [7, 11) is 0. The standard InChI is InChI=1S/C6H6F2N2O3/c1-6(7,8)3-13-10-4(2-9)5(11)12/h3H2,1H3,(H,11,12). The molecule has 0 atom stereocenters. The van der Waals surface area contributed by atoms with Crippen LogP contribution in [-0.4, -0.2) is 29.3 Å². The fourth-order valence-electron chi connectivity index (χ4n) is 0.317. The highest BCUT2D eigenvalue weighted by Gasteiger charge is 2.22.